The number of thioether (sulfide) groups is 1. The van der Waals surface area contributed by atoms with E-state index in [1.807, 2.05) is 0 Å². The fourth-order valence-corrected chi connectivity index (χ4v) is 2.08. The van der Waals surface area contributed by atoms with Gasteiger partial charge in [-0.3, -0.25) is 4.98 Å². The SMILES string of the molecule is CCSc1cc(C(F)(F)F)cnc1C(Cl)=NO. The maximum atomic E-state index is 12.5. The van der Waals surface area contributed by atoms with Crippen LogP contribution >= 0.6 is 23.4 Å². The zero-order valence-corrected chi connectivity index (χ0v) is 10.2. The highest BCUT2D eigenvalue weighted by molar-refractivity contribution is 7.99. The van der Waals surface area contributed by atoms with Crippen LogP contribution < -0.4 is 0 Å². The topological polar surface area (TPSA) is 45.5 Å². The first kappa shape index (κ1) is 14.1. The number of oxime groups is 1. The van der Waals surface area contributed by atoms with Gasteiger partial charge in [0, 0.05) is 11.1 Å². The Bertz CT molecular complexity index is 437. The average molecular weight is 285 g/mol. The summed E-state index contributed by atoms with van der Waals surface area (Å²) in [5, 5.41) is 10.9. The lowest BCUT2D eigenvalue weighted by Crippen LogP contribution is -2.08. The molecule has 1 rings (SSSR count). The van der Waals surface area contributed by atoms with Crippen LogP contribution in [0.2, 0.25) is 0 Å². The van der Waals surface area contributed by atoms with Crippen LogP contribution in [0, 0.1) is 0 Å². The fourth-order valence-electron chi connectivity index (χ4n) is 1.07. The number of aromatic nitrogens is 1. The third-order valence-corrected chi connectivity index (χ3v) is 2.93. The van der Waals surface area contributed by atoms with Crippen LogP contribution in [0.15, 0.2) is 22.3 Å². The molecule has 0 spiro atoms. The van der Waals surface area contributed by atoms with Gasteiger partial charge < -0.3 is 5.21 Å². The minimum absolute atomic E-state index is 0.0361. The zero-order chi connectivity index (χ0) is 13.1. The summed E-state index contributed by atoms with van der Waals surface area (Å²) in [6.45, 7) is 1.78. The lowest BCUT2D eigenvalue weighted by Gasteiger charge is -2.10. The van der Waals surface area contributed by atoms with Gasteiger partial charge in [0.1, 0.15) is 5.69 Å². The van der Waals surface area contributed by atoms with E-state index >= 15 is 0 Å². The van der Waals surface area contributed by atoms with E-state index in [1.165, 1.54) is 0 Å². The van der Waals surface area contributed by atoms with Crippen molar-refractivity contribution in [3.8, 4) is 0 Å². The van der Waals surface area contributed by atoms with Crippen molar-refractivity contribution in [1.29, 1.82) is 0 Å². The quantitative estimate of drug-likeness (QED) is 0.399. The summed E-state index contributed by atoms with van der Waals surface area (Å²) in [5.41, 5.74) is -0.825. The molecular weight excluding hydrogens is 277 g/mol. The summed E-state index contributed by atoms with van der Waals surface area (Å²) >= 11 is 6.68. The number of halogens is 4. The Balaban J connectivity index is 3.27. The Kier molecular flexibility index (Phi) is 4.64. The second-order valence-electron chi connectivity index (χ2n) is 2.89. The largest absolute Gasteiger partial charge is 0.417 e. The monoisotopic (exact) mass is 284 g/mol. The molecule has 1 aromatic heterocycles. The van der Waals surface area contributed by atoms with E-state index in [1.54, 1.807) is 6.92 Å². The molecule has 94 valence electrons. The molecule has 0 radical (unpaired) electrons. The maximum Gasteiger partial charge on any atom is 0.417 e. The maximum absolute atomic E-state index is 12.5. The summed E-state index contributed by atoms with van der Waals surface area (Å²) in [4.78, 5) is 3.80. The first-order valence-corrected chi connectivity index (χ1v) is 5.84. The van der Waals surface area contributed by atoms with Crippen LogP contribution in [-0.4, -0.2) is 21.1 Å². The van der Waals surface area contributed by atoms with Crippen LogP contribution in [0.4, 0.5) is 13.2 Å². The Labute approximate surface area is 105 Å². The summed E-state index contributed by atoms with van der Waals surface area (Å²) in [5.74, 6) is 0.547. The molecule has 0 amide bonds. The smallest absolute Gasteiger partial charge is 0.410 e. The summed E-state index contributed by atoms with van der Waals surface area (Å²) in [7, 11) is 0. The number of pyridine rings is 1. The van der Waals surface area contributed by atoms with Crippen molar-refractivity contribution in [2.45, 2.75) is 18.0 Å². The minimum Gasteiger partial charge on any atom is -0.410 e. The number of hydrogen-bond donors (Lipinski definition) is 1. The highest BCUT2D eigenvalue weighted by Gasteiger charge is 2.32. The van der Waals surface area contributed by atoms with Gasteiger partial charge in [0.2, 0.25) is 0 Å². The number of alkyl halides is 3. The summed E-state index contributed by atoms with van der Waals surface area (Å²) in [6, 6.07) is 0.935. The molecular formula is C9H8ClF3N2OS. The number of rotatable bonds is 3. The minimum atomic E-state index is -4.46. The fraction of sp³-hybridized carbons (Fsp3) is 0.333. The van der Waals surface area contributed by atoms with Crippen molar-refractivity contribution in [2.75, 3.05) is 5.75 Å². The van der Waals surface area contributed by atoms with Gasteiger partial charge in [-0.25, -0.2) is 0 Å². The number of hydrogen-bond acceptors (Lipinski definition) is 4. The van der Waals surface area contributed by atoms with Crippen LogP contribution in [0.25, 0.3) is 0 Å². The van der Waals surface area contributed by atoms with Crippen molar-refractivity contribution in [3.05, 3.63) is 23.5 Å². The molecule has 17 heavy (non-hydrogen) atoms. The van der Waals surface area contributed by atoms with Gasteiger partial charge >= 0.3 is 6.18 Å². The van der Waals surface area contributed by atoms with Gasteiger partial charge in [-0.1, -0.05) is 23.7 Å². The molecule has 0 aliphatic rings. The molecule has 0 fully saturated rings. The normalized spacial score (nSPS) is 12.9. The van der Waals surface area contributed by atoms with E-state index in [0.29, 0.717) is 11.9 Å². The van der Waals surface area contributed by atoms with Crippen molar-refractivity contribution in [2.24, 2.45) is 5.16 Å². The van der Waals surface area contributed by atoms with Crippen LogP contribution in [-0.2, 0) is 6.18 Å². The first-order chi connectivity index (χ1) is 7.90. The molecule has 1 N–H and O–H groups in total. The molecule has 1 aromatic rings. The Morgan fingerprint density at radius 3 is 2.71 bits per heavy atom. The van der Waals surface area contributed by atoms with E-state index in [2.05, 4.69) is 10.1 Å². The van der Waals surface area contributed by atoms with Gasteiger partial charge in [-0.15, -0.1) is 11.8 Å². The first-order valence-electron chi connectivity index (χ1n) is 4.48. The molecule has 0 aromatic carbocycles. The molecule has 0 unspecified atom stereocenters. The van der Waals surface area contributed by atoms with Crippen LogP contribution in [0.5, 0.6) is 0 Å². The second kappa shape index (κ2) is 5.59. The molecule has 0 atom stereocenters. The zero-order valence-electron chi connectivity index (χ0n) is 8.62. The van der Waals surface area contributed by atoms with Gasteiger partial charge in [0.15, 0.2) is 5.17 Å². The predicted octanol–water partition coefficient (Wildman–Crippen LogP) is 3.59. The molecule has 0 aliphatic carbocycles. The van der Waals surface area contributed by atoms with Crippen molar-refractivity contribution >= 4 is 28.5 Å². The molecule has 0 saturated carbocycles. The summed E-state index contributed by atoms with van der Waals surface area (Å²) < 4.78 is 37.4. The highest BCUT2D eigenvalue weighted by Crippen LogP contribution is 2.33. The van der Waals surface area contributed by atoms with Crippen molar-refractivity contribution in [1.82, 2.24) is 4.98 Å². The standard InChI is InChI=1S/C9H8ClF3N2OS/c1-2-17-6-3-5(9(11,12)13)4-14-7(6)8(10)15-16/h3-4,16H,2H2,1H3. The van der Waals surface area contributed by atoms with E-state index in [-0.39, 0.29) is 15.8 Å². The van der Waals surface area contributed by atoms with Crippen molar-refractivity contribution < 1.29 is 18.4 Å². The predicted molar refractivity (Wildman–Crippen MR) is 59.8 cm³/mol. The molecule has 0 aliphatic heterocycles. The third-order valence-electron chi connectivity index (χ3n) is 1.76. The molecule has 1 heterocycles. The molecule has 8 heteroatoms. The van der Waals surface area contributed by atoms with E-state index in [4.69, 9.17) is 16.8 Å². The van der Waals surface area contributed by atoms with E-state index < -0.39 is 11.7 Å². The lowest BCUT2D eigenvalue weighted by atomic mass is 10.2. The Morgan fingerprint density at radius 1 is 1.59 bits per heavy atom. The van der Waals surface area contributed by atoms with Gasteiger partial charge in [-0.2, -0.15) is 13.2 Å². The average Bonchev–Trinajstić information content (AvgIpc) is 2.27. The van der Waals surface area contributed by atoms with Crippen molar-refractivity contribution in [3.63, 3.8) is 0 Å². The molecule has 0 saturated heterocycles. The summed E-state index contributed by atoms with van der Waals surface area (Å²) in [6.07, 6.45) is -3.81. The van der Waals surface area contributed by atoms with Crippen LogP contribution in [0.3, 0.4) is 0 Å². The van der Waals surface area contributed by atoms with E-state index in [0.717, 1.165) is 17.8 Å². The van der Waals surface area contributed by atoms with Gasteiger partial charge in [-0.05, 0) is 11.8 Å². The van der Waals surface area contributed by atoms with Gasteiger partial charge in [0.05, 0.1) is 5.56 Å². The van der Waals surface area contributed by atoms with E-state index in [9.17, 15) is 13.2 Å². The van der Waals surface area contributed by atoms with Gasteiger partial charge in [0.25, 0.3) is 0 Å². The molecule has 0 bridgehead atoms. The van der Waals surface area contributed by atoms with Crippen LogP contribution in [0.1, 0.15) is 18.2 Å². The second-order valence-corrected chi connectivity index (χ2v) is 4.56. The number of nitrogens with zero attached hydrogens (tertiary/aromatic N) is 2. The Hall–Kier alpha value is -0.950. The highest BCUT2D eigenvalue weighted by atomic mass is 35.5. The third kappa shape index (κ3) is 3.50. The molecule has 3 nitrogen and oxygen atoms in total. The lowest BCUT2D eigenvalue weighted by molar-refractivity contribution is -0.138. The Morgan fingerprint density at radius 2 is 2.24 bits per heavy atom.